The number of thiocarbonyl (C=S) groups is 1. The van der Waals surface area contributed by atoms with Gasteiger partial charge in [0.15, 0.2) is 5.11 Å². The van der Waals surface area contributed by atoms with Crippen molar-refractivity contribution in [3.63, 3.8) is 0 Å². The van der Waals surface area contributed by atoms with Crippen LogP contribution in [-0.2, 0) is 0 Å². The predicted octanol–water partition coefficient (Wildman–Crippen LogP) is 4.58. The van der Waals surface area contributed by atoms with Crippen LogP contribution in [0.3, 0.4) is 0 Å². The minimum absolute atomic E-state index is 0.242. The lowest BCUT2D eigenvalue weighted by atomic mass is 10.0. The molecule has 148 valence electrons. The molecule has 1 fully saturated rings. The van der Waals surface area contributed by atoms with E-state index in [1.54, 1.807) is 30.7 Å². The highest BCUT2D eigenvalue weighted by atomic mass is 32.1. The first-order valence-corrected chi connectivity index (χ1v) is 9.98. The molecule has 30 heavy (non-hydrogen) atoms. The second-order valence-corrected chi connectivity index (χ2v) is 7.34. The van der Waals surface area contributed by atoms with Gasteiger partial charge in [-0.25, -0.2) is 4.39 Å². The van der Waals surface area contributed by atoms with Gasteiger partial charge in [-0.15, -0.1) is 0 Å². The molecule has 0 bridgehead atoms. The summed E-state index contributed by atoms with van der Waals surface area (Å²) in [6.45, 7) is 0. The van der Waals surface area contributed by atoms with E-state index in [2.05, 4.69) is 19.9 Å². The third-order valence-corrected chi connectivity index (χ3v) is 5.55. The highest BCUT2D eigenvalue weighted by Gasteiger charge is 2.42. The minimum atomic E-state index is -0.324. The summed E-state index contributed by atoms with van der Waals surface area (Å²) in [6.07, 6.45) is 7.24. The Morgan fingerprint density at radius 2 is 1.70 bits per heavy atom. The first-order valence-electron chi connectivity index (χ1n) is 9.57. The van der Waals surface area contributed by atoms with Gasteiger partial charge in [-0.2, -0.15) is 0 Å². The number of benzene rings is 1. The van der Waals surface area contributed by atoms with Crippen LogP contribution in [0.5, 0.6) is 0 Å². The fourth-order valence-electron chi connectivity index (χ4n) is 3.94. The van der Waals surface area contributed by atoms with Crippen molar-refractivity contribution in [3.8, 4) is 5.69 Å². The zero-order chi connectivity index (χ0) is 20.5. The molecule has 0 unspecified atom stereocenters. The lowest BCUT2D eigenvalue weighted by Crippen LogP contribution is -2.31. The van der Waals surface area contributed by atoms with Gasteiger partial charge in [0.1, 0.15) is 11.9 Å². The topological polar surface area (TPSA) is 46.0 Å². The Bertz CT molecular complexity index is 1180. The Balaban J connectivity index is 1.69. The van der Waals surface area contributed by atoms with E-state index in [4.69, 9.17) is 12.2 Å². The van der Waals surface area contributed by atoms with Crippen LogP contribution < -0.4 is 10.2 Å². The Labute approximate surface area is 178 Å². The number of hydrogen-bond acceptors (Lipinski definition) is 3. The highest BCUT2D eigenvalue weighted by Crippen LogP contribution is 2.42. The van der Waals surface area contributed by atoms with Gasteiger partial charge in [0.25, 0.3) is 0 Å². The first-order chi connectivity index (χ1) is 14.7. The van der Waals surface area contributed by atoms with Gasteiger partial charge < -0.3 is 14.8 Å². The molecular weight excluding hydrogens is 397 g/mol. The van der Waals surface area contributed by atoms with Crippen molar-refractivity contribution in [2.45, 2.75) is 12.1 Å². The molecule has 5 rings (SSSR count). The summed E-state index contributed by atoms with van der Waals surface area (Å²) < 4.78 is 16.9. The standard InChI is InChI=1S/C23H18FN5S/c24-17-6-1-2-8-19(17)29-22(21(27-23(29)30)18-7-3-4-12-26-18)20-9-5-15-28(20)16-10-13-25-14-11-16/h1-15,21-22H,(H,27,30)/t21-,22+/m0/s1. The van der Waals surface area contributed by atoms with E-state index in [-0.39, 0.29) is 17.9 Å². The van der Waals surface area contributed by atoms with E-state index in [9.17, 15) is 4.39 Å². The van der Waals surface area contributed by atoms with Gasteiger partial charge in [0.05, 0.1) is 17.4 Å². The van der Waals surface area contributed by atoms with Crippen molar-refractivity contribution in [1.29, 1.82) is 0 Å². The number of nitrogens with one attached hydrogen (secondary N) is 1. The largest absolute Gasteiger partial charge is 0.351 e. The molecule has 0 radical (unpaired) electrons. The number of aromatic nitrogens is 3. The normalized spacial score (nSPS) is 18.4. The third-order valence-electron chi connectivity index (χ3n) is 5.23. The van der Waals surface area contributed by atoms with Crippen LogP contribution in [0.25, 0.3) is 5.69 Å². The van der Waals surface area contributed by atoms with Crippen molar-refractivity contribution in [3.05, 3.63) is 109 Å². The number of anilines is 1. The summed E-state index contributed by atoms with van der Waals surface area (Å²) in [6, 6.07) is 19.8. The fraction of sp³-hybridized carbons (Fsp3) is 0.0870. The maximum absolute atomic E-state index is 14.8. The van der Waals surface area contributed by atoms with E-state index in [0.29, 0.717) is 10.8 Å². The molecule has 2 atom stereocenters. The van der Waals surface area contributed by atoms with Crippen molar-refractivity contribution < 1.29 is 4.39 Å². The van der Waals surface area contributed by atoms with Crippen LogP contribution in [0.4, 0.5) is 10.1 Å². The zero-order valence-electron chi connectivity index (χ0n) is 15.9. The van der Waals surface area contributed by atoms with Crippen LogP contribution in [-0.4, -0.2) is 19.6 Å². The second kappa shape index (κ2) is 7.68. The summed E-state index contributed by atoms with van der Waals surface area (Å²) in [5.74, 6) is -0.324. The minimum Gasteiger partial charge on any atom is -0.351 e. The molecule has 4 heterocycles. The lowest BCUT2D eigenvalue weighted by Gasteiger charge is -2.29. The maximum Gasteiger partial charge on any atom is 0.174 e. The Hall–Kier alpha value is -3.58. The number of pyridine rings is 2. The molecule has 0 amide bonds. The van der Waals surface area contributed by atoms with Gasteiger partial charge >= 0.3 is 0 Å². The lowest BCUT2D eigenvalue weighted by molar-refractivity contribution is 0.542. The van der Waals surface area contributed by atoms with Gasteiger partial charge in [-0.05, 0) is 60.7 Å². The summed E-state index contributed by atoms with van der Waals surface area (Å²) >= 11 is 5.67. The molecule has 7 heteroatoms. The zero-order valence-corrected chi connectivity index (χ0v) is 16.7. The molecule has 1 aromatic carbocycles. The SMILES string of the molecule is Fc1ccccc1N1C(=S)N[C@@H](c2ccccn2)[C@H]1c1cccn1-c1ccncc1. The average molecular weight is 415 g/mol. The molecule has 4 aromatic rings. The molecule has 1 N–H and O–H groups in total. The summed E-state index contributed by atoms with van der Waals surface area (Å²) in [7, 11) is 0. The van der Waals surface area contributed by atoms with E-state index in [0.717, 1.165) is 17.1 Å². The van der Waals surface area contributed by atoms with Crippen molar-refractivity contribution in [1.82, 2.24) is 19.9 Å². The molecule has 1 aliphatic rings. The van der Waals surface area contributed by atoms with Crippen molar-refractivity contribution in [2.75, 3.05) is 4.90 Å². The van der Waals surface area contributed by atoms with E-state index >= 15 is 0 Å². The number of nitrogens with zero attached hydrogens (tertiary/aromatic N) is 4. The van der Waals surface area contributed by atoms with Gasteiger partial charge in [0, 0.05) is 36.2 Å². The highest BCUT2D eigenvalue weighted by molar-refractivity contribution is 7.80. The van der Waals surface area contributed by atoms with Gasteiger partial charge in [-0.1, -0.05) is 18.2 Å². The van der Waals surface area contributed by atoms with Gasteiger partial charge in [-0.3, -0.25) is 9.97 Å². The maximum atomic E-state index is 14.8. The quantitative estimate of drug-likeness (QED) is 0.494. The number of halogens is 1. The van der Waals surface area contributed by atoms with Crippen molar-refractivity contribution in [2.24, 2.45) is 0 Å². The molecule has 0 aliphatic carbocycles. The number of rotatable bonds is 4. The first kappa shape index (κ1) is 18.4. The van der Waals surface area contributed by atoms with Crippen LogP contribution in [0.2, 0.25) is 0 Å². The van der Waals surface area contributed by atoms with E-state index in [1.165, 1.54) is 6.07 Å². The smallest absolute Gasteiger partial charge is 0.174 e. The van der Waals surface area contributed by atoms with E-state index in [1.807, 2.05) is 59.6 Å². The molecule has 1 aliphatic heterocycles. The van der Waals surface area contributed by atoms with Crippen LogP contribution >= 0.6 is 12.2 Å². The molecule has 3 aromatic heterocycles. The Kier molecular flexibility index (Phi) is 4.72. The molecule has 1 saturated heterocycles. The summed E-state index contributed by atoms with van der Waals surface area (Å²) in [4.78, 5) is 10.5. The van der Waals surface area contributed by atoms with Crippen LogP contribution in [0.1, 0.15) is 23.5 Å². The average Bonchev–Trinajstić information content (AvgIpc) is 3.40. The Morgan fingerprint density at radius 1 is 0.900 bits per heavy atom. The van der Waals surface area contributed by atoms with Crippen LogP contribution in [0.15, 0.2) is 91.5 Å². The summed E-state index contributed by atoms with van der Waals surface area (Å²) in [5, 5.41) is 3.83. The predicted molar refractivity (Wildman–Crippen MR) is 118 cm³/mol. The second-order valence-electron chi connectivity index (χ2n) is 6.96. The van der Waals surface area contributed by atoms with Crippen LogP contribution in [0, 0.1) is 5.82 Å². The molecule has 0 saturated carbocycles. The molecular formula is C23H18FN5S. The Morgan fingerprint density at radius 3 is 2.47 bits per heavy atom. The summed E-state index contributed by atoms with van der Waals surface area (Å²) in [5.41, 5.74) is 3.20. The van der Waals surface area contributed by atoms with E-state index < -0.39 is 0 Å². The molecule has 0 spiro atoms. The number of para-hydroxylation sites is 1. The monoisotopic (exact) mass is 415 g/mol. The third kappa shape index (κ3) is 3.13. The van der Waals surface area contributed by atoms with Crippen molar-refractivity contribution >= 4 is 23.0 Å². The van der Waals surface area contributed by atoms with Gasteiger partial charge in [0.2, 0.25) is 0 Å². The fourth-order valence-corrected chi connectivity index (χ4v) is 4.28. The molecule has 5 nitrogen and oxygen atoms in total. The number of hydrogen-bond donors (Lipinski definition) is 1.